The van der Waals surface area contributed by atoms with E-state index in [1.807, 2.05) is 48.5 Å². The number of pyridine rings is 1. The predicted octanol–water partition coefficient (Wildman–Crippen LogP) is 6.27. The molecule has 142 valence electrons. The summed E-state index contributed by atoms with van der Waals surface area (Å²) >= 11 is 0. The molecule has 30 heavy (non-hydrogen) atoms. The molecule has 0 aliphatic carbocycles. The van der Waals surface area contributed by atoms with Crippen LogP contribution in [0.1, 0.15) is 0 Å². The molecule has 0 spiro atoms. The molecular weight excluding hydrogens is 372 g/mol. The second-order valence-corrected chi connectivity index (χ2v) is 7.02. The first-order chi connectivity index (χ1) is 14.9. The molecule has 5 heteroatoms. The molecule has 5 nitrogen and oxygen atoms in total. The number of nitrogens with zero attached hydrogens (tertiary/aromatic N) is 4. The fourth-order valence-electron chi connectivity index (χ4n) is 3.75. The van der Waals surface area contributed by atoms with Crippen LogP contribution in [0.2, 0.25) is 0 Å². The number of fused-ring (bicyclic) bond motifs is 3. The molecule has 0 bridgehead atoms. The largest absolute Gasteiger partial charge is 0.453 e. The summed E-state index contributed by atoms with van der Waals surface area (Å²) in [7, 11) is 0. The monoisotopic (exact) mass is 388 g/mol. The van der Waals surface area contributed by atoms with Crippen LogP contribution in [-0.4, -0.2) is 15.0 Å². The van der Waals surface area contributed by atoms with Crippen LogP contribution in [0.5, 0.6) is 11.5 Å². The van der Waals surface area contributed by atoms with Crippen molar-refractivity contribution >= 4 is 28.2 Å². The maximum absolute atomic E-state index is 6.10. The Bertz CT molecular complexity index is 1340. The van der Waals surface area contributed by atoms with Gasteiger partial charge in [0.2, 0.25) is 0 Å². The maximum Gasteiger partial charge on any atom is 0.178 e. The number of benzene rings is 3. The number of para-hydroxylation sites is 4. The van der Waals surface area contributed by atoms with E-state index in [0.717, 1.165) is 45.3 Å². The summed E-state index contributed by atoms with van der Waals surface area (Å²) in [6, 6.07) is 28.2. The average Bonchev–Trinajstić information content (AvgIpc) is 2.82. The summed E-state index contributed by atoms with van der Waals surface area (Å²) < 4.78 is 6.10. The Hall–Kier alpha value is -4.25. The number of hydrogen-bond donors (Lipinski definition) is 0. The van der Waals surface area contributed by atoms with E-state index in [9.17, 15) is 0 Å². The summed E-state index contributed by atoms with van der Waals surface area (Å²) in [5.74, 6) is 1.68. The van der Waals surface area contributed by atoms with Gasteiger partial charge in [-0.1, -0.05) is 36.4 Å². The predicted molar refractivity (Wildman–Crippen MR) is 118 cm³/mol. The van der Waals surface area contributed by atoms with Crippen molar-refractivity contribution in [2.75, 3.05) is 4.90 Å². The quantitative estimate of drug-likeness (QED) is 0.350. The van der Waals surface area contributed by atoms with E-state index in [-0.39, 0.29) is 0 Å². The first kappa shape index (κ1) is 16.7. The minimum Gasteiger partial charge on any atom is -0.453 e. The molecule has 2 aromatic heterocycles. The lowest BCUT2D eigenvalue weighted by Gasteiger charge is -2.32. The molecule has 0 saturated heterocycles. The molecule has 0 unspecified atom stereocenters. The lowest BCUT2D eigenvalue weighted by molar-refractivity contribution is 0.477. The molecule has 1 aliphatic heterocycles. The van der Waals surface area contributed by atoms with Gasteiger partial charge in [-0.15, -0.1) is 0 Å². The number of anilines is 3. The highest BCUT2D eigenvalue weighted by Crippen LogP contribution is 2.50. The molecule has 3 aromatic carbocycles. The van der Waals surface area contributed by atoms with Gasteiger partial charge in [0.25, 0.3) is 0 Å². The van der Waals surface area contributed by atoms with Crippen molar-refractivity contribution in [3.8, 4) is 22.8 Å². The highest BCUT2D eigenvalue weighted by molar-refractivity contribution is 5.86. The third kappa shape index (κ3) is 2.68. The fraction of sp³-hybridized carbons (Fsp3) is 0. The molecule has 0 amide bonds. The van der Waals surface area contributed by atoms with Gasteiger partial charge in [-0.05, 0) is 48.5 Å². The summed E-state index contributed by atoms with van der Waals surface area (Å²) in [6.07, 6.45) is 3.52. The second kappa shape index (κ2) is 6.67. The minimum atomic E-state index is 0.648. The van der Waals surface area contributed by atoms with E-state index in [0.29, 0.717) is 5.65 Å². The van der Waals surface area contributed by atoms with Crippen LogP contribution >= 0.6 is 0 Å². The van der Waals surface area contributed by atoms with Crippen LogP contribution in [0, 0.1) is 0 Å². The van der Waals surface area contributed by atoms with Crippen LogP contribution in [0.4, 0.5) is 17.1 Å². The summed E-state index contributed by atoms with van der Waals surface area (Å²) in [5, 5.41) is 0. The van der Waals surface area contributed by atoms with Crippen LogP contribution in [-0.2, 0) is 0 Å². The van der Waals surface area contributed by atoms with Crippen molar-refractivity contribution in [1.82, 2.24) is 15.0 Å². The Labute approximate surface area is 173 Å². The zero-order valence-corrected chi connectivity index (χ0v) is 15.9. The zero-order valence-electron chi connectivity index (χ0n) is 15.9. The van der Waals surface area contributed by atoms with Gasteiger partial charge in [0.05, 0.1) is 23.3 Å². The van der Waals surface area contributed by atoms with Crippen molar-refractivity contribution in [3.63, 3.8) is 0 Å². The molecule has 0 saturated carbocycles. The highest BCUT2D eigenvalue weighted by Gasteiger charge is 2.25. The van der Waals surface area contributed by atoms with Gasteiger partial charge in [-0.25, -0.2) is 9.97 Å². The summed E-state index contributed by atoms with van der Waals surface area (Å²) in [5.41, 5.74) is 6.31. The van der Waals surface area contributed by atoms with Crippen molar-refractivity contribution in [3.05, 3.63) is 97.3 Å². The fourth-order valence-corrected chi connectivity index (χ4v) is 3.75. The zero-order chi connectivity index (χ0) is 19.9. The van der Waals surface area contributed by atoms with Gasteiger partial charge in [0.15, 0.2) is 17.1 Å². The van der Waals surface area contributed by atoms with Gasteiger partial charge in [-0.2, -0.15) is 0 Å². The van der Waals surface area contributed by atoms with Crippen LogP contribution in [0.25, 0.3) is 22.4 Å². The van der Waals surface area contributed by atoms with E-state index in [4.69, 9.17) is 4.74 Å². The lowest BCUT2D eigenvalue weighted by Crippen LogP contribution is -2.15. The molecule has 5 aromatic rings. The Morgan fingerprint density at radius 3 is 2.10 bits per heavy atom. The normalized spacial score (nSPS) is 12.2. The molecule has 0 atom stereocenters. The molecular formula is C25H16N4O. The van der Waals surface area contributed by atoms with Crippen molar-refractivity contribution in [2.45, 2.75) is 0 Å². The standard InChI is InChI=1S/C25H16N4O/c1-3-9-23-21(7-1)29(22-8-2-4-10-24(22)30-23)18-13-11-17(12-14-18)20-16-27-19-6-5-15-26-25(19)28-20/h1-16H. The Balaban J connectivity index is 1.43. The van der Waals surface area contributed by atoms with E-state index in [2.05, 4.69) is 56.3 Å². The van der Waals surface area contributed by atoms with Crippen molar-refractivity contribution in [2.24, 2.45) is 0 Å². The summed E-state index contributed by atoms with van der Waals surface area (Å²) in [4.78, 5) is 15.7. The van der Waals surface area contributed by atoms with E-state index >= 15 is 0 Å². The third-order valence-electron chi connectivity index (χ3n) is 5.17. The van der Waals surface area contributed by atoms with Crippen molar-refractivity contribution in [1.29, 1.82) is 0 Å². The average molecular weight is 388 g/mol. The van der Waals surface area contributed by atoms with Gasteiger partial charge in [-0.3, -0.25) is 4.98 Å². The van der Waals surface area contributed by atoms with Gasteiger partial charge >= 0.3 is 0 Å². The molecule has 1 aliphatic rings. The van der Waals surface area contributed by atoms with Gasteiger partial charge in [0.1, 0.15) is 5.52 Å². The van der Waals surface area contributed by atoms with E-state index in [1.54, 1.807) is 12.4 Å². The number of ether oxygens (including phenoxy) is 1. The topological polar surface area (TPSA) is 51.1 Å². The molecule has 6 rings (SSSR count). The minimum absolute atomic E-state index is 0.648. The molecule has 0 fully saturated rings. The summed E-state index contributed by atoms with van der Waals surface area (Å²) in [6.45, 7) is 0. The Morgan fingerprint density at radius 1 is 0.667 bits per heavy atom. The number of rotatable bonds is 2. The lowest BCUT2D eigenvalue weighted by atomic mass is 10.1. The number of hydrogen-bond acceptors (Lipinski definition) is 5. The molecule has 0 N–H and O–H groups in total. The SMILES string of the molecule is c1ccc2c(c1)Oc1ccccc1N2c1ccc(-c2cnc3cccnc3n2)cc1. The van der Waals surface area contributed by atoms with Crippen LogP contribution in [0.3, 0.4) is 0 Å². The third-order valence-corrected chi connectivity index (χ3v) is 5.17. The first-order valence-electron chi connectivity index (χ1n) is 9.71. The van der Waals surface area contributed by atoms with Crippen molar-refractivity contribution < 1.29 is 4.74 Å². The van der Waals surface area contributed by atoms with Gasteiger partial charge < -0.3 is 9.64 Å². The van der Waals surface area contributed by atoms with Crippen LogP contribution in [0.15, 0.2) is 97.3 Å². The van der Waals surface area contributed by atoms with E-state index < -0.39 is 0 Å². The Morgan fingerprint density at radius 2 is 1.37 bits per heavy atom. The van der Waals surface area contributed by atoms with Crippen LogP contribution < -0.4 is 9.64 Å². The number of aromatic nitrogens is 3. The first-order valence-corrected chi connectivity index (χ1v) is 9.71. The smallest absolute Gasteiger partial charge is 0.178 e. The van der Waals surface area contributed by atoms with E-state index in [1.165, 1.54) is 0 Å². The second-order valence-electron chi connectivity index (χ2n) is 7.02. The molecule has 0 radical (unpaired) electrons. The van der Waals surface area contributed by atoms with Gasteiger partial charge in [0, 0.05) is 17.4 Å². The maximum atomic E-state index is 6.10. The Kier molecular flexibility index (Phi) is 3.71. The highest BCUT2D eigenvalue weighted by atomic mass is 16.5. The molecule has 3 heterocycles.